The summed E-state index contributed by atoms with van der Waals surface area (Å²) in [6, 6.07) is 6.25. The number of ether oxygens (including phenoxy) is 3. The van der Waals surface area contributed by atoms with E-state index in [1.807, 2.05) is 18.2 Å². The quantitative estimate of drug-likeness (QED) is 0.831. The monoisotopic (exact) mass is 294 g/mol. The first-order chi connectivity index (χ1) is 10.2. The smallest absolute Gasteiger partial charge is 0.161 e. The summed E-state index contributed by atoms with van der Waals surface area (Å²) in [6.07, 6.45) is 0. The number of nitrogens with zero attached hydrogens (tertiary/aromatic N) is 1. The summed E-state index contributed by atoms with van der Waals surface area (Å²) in [6.45, 7) is 7.95. The average Bonchev–Trinajstić information content (AvgIpc) is 2.52. The van der Waals surface area contributed by atoms with E-state index >= 15 is 0 Å². The molecule has 0 aromatic heterocycles. The molecule has 0 amide bonds. The van der Waals surface area contributed by atoms with Crippen LogP contribution in [0.2, 0.25) is 0 Å². The minimum Gasteiger partial charge on any atom is -0.486 e. The Hall–Kier alpha value is -1.30. The van der Waals surface area contributed by atoms with E-state index in [-0.39, 0.29) is 6.04 Å². The summed E-state index contributed by atoms with van der Waals surface area (Å²) < 4.78 is 16.4. The van der Waals surface area contributed by atoms with Crippen molar-refractivity contribution in [3.63, 3.8) is 0 Å². The molecule has 0 radical (unpaired) electrons. The Morgan fingerprint density at radius 1 is 1.29 bits per heavy atom. The molecule has 1 aliphatic heterocycles. The Morgan fingerprint density at radius 3 is 2.67 bits per heavy atom. The second-order valence-electron chi connectivity index (χ2n) is 5.40. The fraction of sp³-hybridized carbons (Fsp3) is 0.625. The molecule has 0 aliphatic carbocycles. The highest BCUT2D eigenvalue weighted by Gasteiger charge is 2.19. The second-order valence-corrected chi connectivity index (χ2v) is 5.40. The Labute approximate surface area is 127 Å². The van der Waals surface area contributed by atoms with Crippen molar-refractivity contribution in [1.82, 2.24) is 4.90 Å². The minimum atomic E-state index is -0.0555. The van der Waals surface area contributed by atoms with Gasteiger partial charge in [-0.25, -0.2) is 0 Å². The lowest BCUT2D eigenvalue weighted by Crippen LogP contribution is -2.40. The van der Waals surface area contributed by atoms with E-state index in [0.29, 0.717) is 25.9 Å². The SMILES string of the molecule is CCN(CC(N)c1ccc2c(c1)OCCO2)C(C)COC. The van der Waals surface area contributed by atoms with Gasteiger partial charge in [0.1, 0.15) is 13.2 Å². The predicted molar refractivity (Wildman–Crippen MR) is 82.9 cm³/mol. The van der Waals surface area contributed by atoms with E-state index in [2.05, 4.69) is 18.7 Å². The number of rotatable bonds is 7. The first-order valence-electron chi connectivity index (χ1n) is 7.53. The van der Waals surface area contributed by atoms with Crippen molar-refractivity contribution in [2.75, 3.05) is 40.0 Å². The molecule has 2 N–H and O–H groups in total. The summed E-state index contributed by atoms with van der Waals surface area (Å²) in [4.78, 5) is 2.32. The van der Waals surface area contributed by atoms with E-state index in [0.717, 1.165) is 30.2 Å². The molecule has 0 spiro atoms. The lowest BCUT2D eigenvalue weighted by molar-refractivity contribution is 0.0985. The van der Waals surface area contributed by atoms with Gasteiger partial charge in [-0.15, -0.1) is 0 Å². The average molecular weight is 294 g/mol. The molecule has 1 heterocycles. The second kappa shape index (κ2) is 7.64. The third-order valence-electron chi connectivity index (χ3n) is 3.86. The van der Waals surface area contributed by atoms with Crippen LogP contribution >= 0.6 is 0 Å². The molecule has 0 saturated carbocycles. The zero-order valence-electron chi connectivity index (χ0n) is 13.2. The molecule has 21 heavy (non-hydrogen) atoms. The van der Waals surface area contributed by atoms with Crippen LogP contribution in [-0.2, 0) is 4.74 Å². The van der Waals surface area contributed by atoms with E-state index < -0.39 is 0 Å². The minimum absolute atomic E-state index is 0.0555. The number of benzene rings is 1. The molecule has 0 bridgehead atoms. The number of fused-ring (bicyclic) bond motifs is 1. The van der Waals surface area contributed by atoms with E-state index in [1.54, 1.807) is 7.11 Å². The van der Waals surface area contributed by atoms with Gasteiger partial charge in [-0.1, -0.05) is 13.0 Å². The van der Waals surface area contributed by atoms with Crippen molar-refractivity contribution in [2.24, 2.45) is 5.73 Å². The standard InChI is InChI=1S/C16H26N2O3/c1-4-18(12(2)11-19-3)10-14(17)13-5-6-15-16(9-13)21-8-7-20-15/h5-6,9,12,14H,4,7-8,10-11,17H2,1-3H3. The predicted octanol–water partition coefficient (Wildman–Crippen LogP) is 1.81. The van der Waals surface area contributed by atoms with Gasteiger partial charge in [-0.3, -0.25) is 4.90 Å². The third kappa shape index (κ3) is 4.09. The Morgan fingerprint density at radius 2 is 2.00 bits per heavy atom. The Balaban J connectivity index is 2.03. The Kier molecular flexibility index (Phi) is 5.85. The van der Waals surface area contributed by atoms with Crippen LogP contribution in [0, 0.1) is 0 Å². The van der Waals surface area contributed by atoms with Crippen molar-refractivity contribution in [2.45, 2.75) is 25.9 Å². The molecule has 0 saturated heterocycles. The normalized spacial score (nSPS) is 16.8. The van der Waals surface area contributed by atoms with Gasteiger partial charge in [-0.2, -0.15) is 0 Å². The zero-order valence-corrected chi connectivity index (χ0v) is 13.2. The molecular formula is C16H26N2O3. The molecule has 1 aliphatic rings. The van der Waals surface area contributed by atoms with Gasteiger partial charge < -0.3 is 19.9 Å². The zero-order chi connectivity index (χ0) is 15.2. The van der Waals surface area contributed by atoms with Crippen LogP contribution < -0.4 is 15.2 Å². The molecule has 1 aromatic rings. The molecule has 118 valence electrons. The molecule has 1 aromatic carbocycles. The number of nitrogens with two attached hydrogens (primary N) is 1. The van der Waals surface area contributed by atoms with Crippen LogP contribution in [0.5, 0.6) is 11.5 Å². The fourth-order valence-electron chi connectivity index (χ4n) is 2.62. The largest absolute Gasteiger partial charge is 0.486 e. The number of hydrogen-bond acceptors (Lipinski definition) is 5. The highest BCUT2D eigenvalue weighted by atomic mass is 16.6. The van der Waals surface area contributed by atoms with Crippen molar-refractivity contribution >= 4 is 0 Å². The first-order valence-corrected chi connectivity index (χ1v) is 7.53. The van der Waals surface area contributed by atoms with Gasteiger partial charge in [0.15, 0.2) is 11.5 Å². The van der Waals surface area contributed by atoms with Crippen molar-refractivity contribution in [1.29, 1.82) is 0 Å². The Bertz CT molecular complexity index is 453. The maximum atomic E-state index is 6.36. The highest BCUT2D eigenvalue weighted by Crippen LogP contribution is 2.32. The van der Waals surface area contributed by atoms with Crippen LogP contribution in [0.3, 0.4) is 0 Å². The fourth-order valence-corrected chi connectivity index (χ4v) is 2.62. The molecule has 2 rings (SSSR count). The van der Waals surface area contributed by atoms with Gasteiger partial charge in [-0.05, 0) is 31.2 Å². The summed E-state index contributed by atoms with van der Waals surface area (Å²) in [5.74, 6) is 1.60. The summed E-state index contributed by atoms with van der Waals surface area (Å²) in [7, 11) is 1.73. The lowest BCUT2D eigenvalue weighted by Gasteiger charge is -2.30. The van der Waals surface area contributed by atoms with Gasteiger partial charge >= 0.3 is 0 Å². The lowest BCUT2D eigenvalue weighted by atomic mass is 10.1. The van der Waals surface area contributed by atoms with Crippen LogP contribution in [0.15, 0.2) is 18.2 Å². The van der Waals surface area contributed by atoms with Gasteiger partial charge in [0.2, 0.25) is 0 Å². The molecular weight excluding hydrogens is 268 g/mol. The summed E-state index contributed by atoms with van der Waals surface area (Å²) >= 11 is 0. The summed E-state index contributed by atoms with van der Waals surface area (Å²) in [5.41, 5.74) is 7.43. The number of methoxy groups -OCH3 is 1. The van der Waals surface area contributed by atoms with Gasteiger partial charge in [0.05, 0.1) is 6.61 Å². The number of likely N-dealkylation sites (N-methyl/N-ethyl adjacent to an activating group) is 1. The van der Waals surface area contributed by atoms with Crippen molar-refractivity contribution in [3.05, 3.63) is 23.8 Å². The van der Waals surface area contributed by atoms with E-state index in [1.165, 1.54) is 0 Å². The van der Waals surface area contributed by atoms with Crippen LogP contribution in [-0.4, -0.2) is 51.0 Å². The molecule has 0 fully saturated rings. The molecule has 2 unspecified atom stereocenters. The van der Waals surface area contributed by atoms with Crippen LogP contribution in [0.25, 0.3) is 0 Å². The number of hydrogen-bond donors (Lipinski definition) is 1. The highest BCUT2D eigenvalue weighted by molar-refractivity contribution is 5.44. The van der Waals surface area contributed by atoms with E-state index in [4.69, 9.17) is 19.9 Å². The summed E-state index contributed by atoms with van der Waals surface area (Å²) in [5, 5.41) is 0. The van der Waals surface area contributed by atoms with Crippen molar-refractivity contribution < 1.29 is 14.2 Å². The first kappa shape index (κ1) is 16.1. The third-order valence-corrected chi connectivity index (χ3v) is 3.86. The van der Waals surface area contributed by atoms with Gasteiger partial charge in [0, 0.05) is 25.7 Å². The van der Waals surface area contributed by atoms with E-state index in [9.17, 15) is 0 Å². The molecule has 5 heteroatoms. The maximum Gasteiger partial charge on any atom is 0.161 e. The van der Waals surface area contributed by atoms with Crippen LogP contribution in [0.1, 0.15) is 25.5 Å². The molecule has 5 nitrogen and oxygen atoms in total. The van der Waals surface area contributed by atoms with Gasteiger partial charge in [0.25, 0.3) is 0 Å². The van der Waals surface area contributed by atoms with Crippen molar-refractivity contribution in [3.8, 4) is 11.5 Å². The molecule has 2 atom stereocenters. The topological polar surface area (TPSA) is 57.0 Å². The van der Waals surface area contributed by atoms with Crippen LogP contribution in [0.4, 0.5) is 0 Å². The maximum absolute atomic E-state index is 6.36.